The van der Waals surface area contributed by atoms with Crippen molar-refractivity contribution in [1.82, 2.24) is 5.32 Å². The van der Waals surface area contributed by atoms with Crippen LogP contribution in [0.1, 0.15) is 12.8 Å². The normalized spacial score (nSPS) is 12.8. The van der Waals surface area contributed by atoms with Crippen LogP contribution in [0, 0.1) is 0 Å². The molecular formula is C7H12N2O7S. The molecule has 17 heavy (non-hydrogen) atoms. The average molecular weight is 268 g/mol. The van der Waals surface area contributed by atoms with Gasteiger partial charge in [-0.3, -0.25) is 14.1 Å². The van der Waals surface area contributed by atoms with Crippen molar-refractivity contribution in [2.24, 2.45) is 5.73 Å². The van der Waals surface area contributed by atoms with Crippen LogP contribution in [0.25, 0.3) is 0 Å². The molecule has 2 amide bonds. The molecule has 5 N–H and O–H groups in total. The van der Waals surface area contributed by atoms with Gasteiger partial charge in [0.15, 0.2) is 0 Å². The lowest BCUT2D eigenvalue weighted by Crippen LogP contribution is -2.45. The predicted octanol–water partition coefficient (Wildman–Crippen LogP) is -2.29. The van der Waals surface area contributed by atoms with Gasteiger partial charge >= 0.3 is 5.97 Å². The number of nitrogens with two attached hydrogens (primary N) is 1. The third kappa shape index (κ3) is 8.16. The lowest BCUT2D eigenvalue weighted by atomic mass is 10.2. The number of aliphatic carboxylic acids is 1. The third-order valence-electron chi connectivity index (χ3n) is 1.61. The molecule has 0 saturated carbocycles. The van der Waals surface area contributed by atoms with Crippen LogP contribution < -0.4 is 11.1 Å². The number of nitrogens with one attached hydrogen (secondary N) is 1. The fourth-order valence-electron chi connectivity index (χ4n) is 0.889. The van der Waals surface area contributed by atoms with Crippen molar-refractivity contribution in [2.75, 3.05) is 5.75 Å². The second-order valence-corrected chi connectivity index (χ2v) is 4.67. The second kappa shape index (κ2) is 6.15. The summed E-state index contributed by atoms with van der Waals surface area (Å²) in [5.74, 6) is -4.36. The summed E-state index contributed by atoms with van der Waals surface area (Å²) in [6.07, 6.45) is -0.644. The number of primary amides is 1. The Morgan fingerprint density at radius 1 is 1.24 bits per heavy atom. The quantitative estimate of drug-likeness (QED) is 0.377. The van der Waals surface area contributed by atoms with Crippen LogP contribution >= 0.6 is 0 Å². The van der Waals surface area contributed by atoms with Gasteiger partial charge in [-0.25, -0.2) is 4.79 Å². The van der Waals surface area contributed by atoms with Crippen molar-refractivity contribution >= 4 is 27.9 Å². The van der Waals surface area contributed by atoms with Crippen LogP contribution in [0.4, 0.5) is 0 Å². The van der Waals surface area contributed by atoms with E-state index in [1.165, 1.54) is 0 Å². The highest BCUT2D eigenvalue weighted by molar-refractivity contribution is 7.85. The number of carbonyl (C=O) groups is 3. The van der Waals surface area contributed by atoms with Crippen LogP contribution in [0.15, 0.2) is 0 Å². The minimum absolute atomic E-state index is 0.288. The summed E-state index contributed by atoms with van der Waals surface area (Å²) in [5.41, 5.74) is 4.76. The Labute approximate surface area is 96.7 Å². The van der Waals surface area contributed by atoms with Gasteiger partial charge in [0.25, 0.3) is 10.1 Å². The number of carboxylic acid groups (broad SMARTS) is 1. The SMILES string of the molecule is NC(=O)CCC(=O)N[C@H](CS(=O)(=O)O)C(=O)O. The Morgan fingerprint density at radius 3 is 2.12 bits per heavy atom. The zero-order chi connectivity index (χ0) is 13.6. The summed E-state index contributed by atoms with van der Waals surface area (Å²) in [6.45, 7) is 0. The average Bonchev–Trinajstić information content (AvgIpc) is 2.11. The highest BCUT2D eigenvalue weighted by Gasteiger charge is 2.25. The van der Waals surface area contributed by atoms with Crippen molar-refractivity contribution in [3.8, 4) is 0 Å². The van der Waals surface area contributed by atoms with Crippen molar-refractivity contribution in [3.05, 3.63) is 0 Å². The largest absolute Gasteiger partial charge is 0.480 e. The Balaban J connectivity index is 4.41. The molecule has 0 spiro atoms. The molecule has 0 bridgehead atoms. The molecule has 0 unspecified atom stereocenters. The monoisotopic (exact) mass is 268 g/mol. The van der Waals surface area contributed by atoms with E-state index in [2.05, 4.69) is 0 Å². The summed E-state index contributed by atoms with van der Waals surface area (Å²) >= 11 is 0. The highest BCUT2D eigenvalue weighted by atomic mass is 32.2. The fourth-order valence-corrected chi connectivity index (χ4v) is 1.54. The van der Waals surface area contributed by atoms with Gasteiger partial charge in [0.1, 0.15) is 11.8 Å². The molecule has 0 heterocycles. The summed E-state index contributed by atoms with van der Waals surface area (Å²) in [5, 5.41) is 10.4. The van der Waals surface area contributed by atoms with E-state index in [1.807, 2.05) is 5.32 Å². The van der Waals surface area contributed by atoms with Gasteiger partial charge in [-0.2, -0.15) is 8.42 Å². The predicted molar refractivity (Wildman–Crippen MR) is 54.4 cm³/mol. The first-order chi connectivity index (χ1) is 7.61. The van der Waals surface area contributed by atoms with E-state index in [-0.39, 0.29) is 12.8 Å². The first kappa shape index (κ1) is 15.3. The molecule has 0 aromatic rings. The second-order valence-electron chi connectivity index (χ2n) is 3.17. The van der Waals surface area contributed by atoms with Gasteiger partial charge < -0.3 is 16.2 Å². The molecule has 0 saturated heterocycles. The maximum Gasteiger partial charge on any atom is 0.327 e. The molecule has 0 aliphatic heterocycles. The maximum atomic E-state index is 11.1. The van der Waals surface area contributed by atoms with E-state index in [1.54, 1.807) is 0 Å². The van der Waals surface area contributed by atoms with E-state index in [0.29, 0.717) is 0 Å². The number of hydrogen-bond donors (Lipinski definition) is 4. The molecule has 0 radical (unpaired) electrons. The molecule has 0 aliphatic carbocycles. The van der Waals surface area contributed by atoms with Gasteiger partial charge in [-0.15, -0.1) is 0 Å². The highest BCUT2D eigenvalue weighted by Crippen LogP contribution is 1.95. The lowest BCUT2D eigenvalue weighted by molar-refractivity contribution is -0.141. The molecule has 0 rings (SSSR count). The van der Waals surface area contributed by atoms with Crippen LogP contribution in [-0.4, -0.2) is 47.7 Å². The Bertz CT molecular complexity index is 416. The van der Waals surface area contributed by atoms with E-state index < -0.39 is 39.7 Å². The van der Waals surface area contributed by atoms with Crippen LogP contribution in [0.2, 0.25) is 0 Å². The zero-order valence-electron chi connectivity index (χ0n) is 8.62. The number of rotatable bonds is 7. The summed E-state index contributed by atoms with van der Waals surface area (Å²) in [6, 6.07) is -1.77. The van der Waals surface area contributed by atoms with Crippen LogP contribution in [0.5, 0.6) is 0 Å². The van der Waals surface area contributed by atoms with Gasteiger partial charge in [-0.05, 0) is 0 Å². The molecule has 0 fully saturated rings. The molecule has 9 nitrogen and oxygen atoms in total. The third-order valence-corrected chi connectivity index (χ3v) is 2.36. The topological polar surface area (TPSA) is 164 Å². The van der Waals surface area contributed by atoms with E-state index in [9.17, 15) is 22.8 Å². The van der Waals surface area contributed by atoms with Gasteiger partial charge in [0.05, 0.1) is 0 Å². The minimum atomic E-state index is -4.53. The standard InChI is InChI=1S/C7H12N2O7S/c8-5(10)1-2-6(11)9-4(7(12)13)3-17(14,15)16/h4H,1-3H2,(H2,8,10)(H,9,11)(H,12,13)(H,14,15,16)/t4-/m1/s1. The number of hydrogen-bond acceptors (Lipinski definition) is 5. The Morgan fingerprint density at radius 2 is 1.76 bits per heavy atom. The first-order valence-electron chi connectivity index (χ1n) is 4.37. The van der Waals surface area contributed by atoms with E-state index >= 15 is 0 Å². The van der Waals surface area contributed by atoms with Crippen LogP contribution in [0.3, 0.4) is 0 Å². The summed E-state index contributed by atoms with van der Waals surface area (Å²) < 4.78 is 29.4. The number of carbonyl (C=O) groups excluding carboxylic acids is 2. The van der Waals surface area contributed by atoms with Crippen molar-refractivity contribution in [2.45, 2.75) is 18.9 Å². The summed E-state index contributed by atoms with van der Waals surface area (Å²) in [7, 11) is -4.53. The van der Waals surface area contributed by atoms with E-state index in [0.717, 1.165) is 0 Å². The Hall–Kier alpha value is -1.68. The van der Waals surface area contributed by atoms with Crippen LogP contribution in [-0.2, 0) is 24.5 Å². The van der Waals surface area contributed by atoms with Crippen molar-refractivity contribution in [1.29, 1.82) is 0 Å². The smallest absolute Gasteiger partial charge is 0.327 e. The van der Waals surface area contributed by atoms with Gasteiger partial charge in [0, 0.05) is 12.8 Å². The summed E-state index contributed by atoms with van der Waals surface area (Å²) in [4.78, 5) is 32.0. The van der Waals surface area contributed by atoms with Gasteiger partial charge in [-0.1, -0.05) is 0 Å². The van der Waals surface area contributed by atoms with Crippen molar-refractivity contribution in [3.63, 3.8) is 0 Å². The molecule has 0 aliphatic rings. The lowest BCUT2D eigenvalue weighted by Gasteiger charge is -2.12. The molecule has 1 atom stereocenters. The first-order valence-corrected chi connectivity index (χ1v) is 5.98. The maximum absolute atomic E-state index is 11.1. The molecule has 98 valence electrons. The van der Waals surface area contributed by atoms with Gasteiger partial charge in [0.2, 0.25) is 11.8 Å². The molecular weight excluding hydrogens is 256 g/mol. The van der Waals surface area contributed by atoms with E-state index in [4.69, 9.17) is 15.4 Å². The molecule has 0 aromatic heterocycles. The number of amides is 2. The van der Waals surface area contributed by atoms with Crippen molar-refractivity contribution < 1.29 is 32.5 Å². The number of carboxylic acids is 1. The molecule has 0 aromatic carbocycles. The fraction of sp³-hybridized carbons (Fsp3) is 0.571. The molecule has 10 heteroatoms. The zero-order valence-corrected chi connectivity index (χ0v) is 9.44. The minimum Gasteiger partial charge on any atom is -0.480 e. The Kier molecular flexibility index (Phi) is 5.55.